The molecule has 7 heteroatoms. The zero-order valence-electron chi connectivity index (χ0n) is 15.7. The van der Waals surface area contributed by atoms with E-state index in [4.69, 9.17) is 10.5 Å². The second-order valence-electron chi connectivity index (χ2n) is 6.54. The molecule has 0 aliphatic rings. The molecule has 0 saturated heterocycles. The molecule has 4 unspecified atom stereocenters. The highest BCUT2D eigenvalue weighted by Crippen LogP contribution is 2.20. The fourth-order valence-electron chi connectivity index (χ4n) is 2.58. The van der Waals surface area contributed by atoms with Crippen molar-refractivity contribution >= 4 is 18.1 Å². The van der Waals surface area contributed by atoms with E-state index >= 15 is 0 Å². The average Bonchev–Trinajstić information content (AvgIpc) is 2.57. The molecule has 0 radical (unpaired) electrons. The molecule has 0 aromatic carbocycles. The van der Waals surface area contributed by atoms with Gasteiger partial charge in [0.1, 0.15) is 6.29 Å². The number of carbonyl (C=O) groups is 3. The Balaban J connectivity index is 4.95. The molecule has 140 valence electrons. The molecule has 24 heavy (non-hydrogen) atoms. The maximum Gasteiger partial charge on any atom is 0.242 e. The molecule has 0 bridgehead atoms. The molecule has 0 rings (SSSR count). The van der Waals surface area contributed by atoms with Crippen LogP contribution in [-0.2, 0) is 19.1 Å². The van der Waals surface area contributed by atoms with Gasteiger partial charge in [0, 0.05) is 20.6 Å². The van der Waals surface area contributed by atoms with Crippen LogP contribution in [0.4, 0.5) is 0 Å². The lowest BCUT2D eigenvalue weighted by Gasteiger charge is -2.37. The molecule has 7 nitrogen and oxygen atoms in total. The number of amides is 2. The number of methoxy groups -OCH3 is 1. The minimum atomic E-state index is -0.643. The number of nitrogens with two attached hydrogens (primary N) is 1. The van der Waals surface area contributed by atoms with E-state index in [1.54, 1.807) is 11.9 Å². The average molecular weight is 343 g/mol. The van der Waals surface area contributed by atoms with Gasteiger partial charge in [0.15, 0.2) is 0 Å². The summed E-state index contributed by atoms with van der Waals surface area (Å²) < 4.78 is 5.41. The zero-order chi connectivity index (χ0) is 18.9. The summed E-state index contributed by atoms with van der Waals surface area (Å²) in [4.78, 5) is 36.8. The van der Waals surface area contributed by atoms with E-state index in [0.717, 1.165) is 12.7 Å². The van der Waals surface area contributed by atoms with Crippen molar-refractivity contribution in [3.63, 3.8) is 0 Å². The van der Waals surface area contributed by atoms with Crippen molar-refractivity contribution in [3.05, 3.63) is 0 Å². The number of carbonyl (C=O) groups excluding carboxylic acids is 3. The van der Waals surface area contributed by atoms with Gasteiger partial charge in [0.05, 0.1) is 24.7 Å². The van der Waals surface area contributed by atoms with Gasteiger partial charge in [-0.3, -0.25) is 9.59 Å². The van der Waals surface area contributed by atoms with E-state index in [0.29, 0.717) is 0 Å². The Morgan fingerprint density at radius 3 is 2.29 bits per heavy atom. The van der Waals surface area contributed by atoms with Gasteiger partial charge in [-0.05, 0) is 11.8 Å². The highest BCUT2D eigenvalue weighted by atomic mass is 16.5. The summed E-state index contributed by atoms with van der Waals surface area (Å²) in [5, 5.41) is 2.58. The summed E-state index contributed by atoms with van der Waals surface area (Å²) in [6.07, 6.45) is 1.48. The lowest BCUT2D eigenvalue weighted by molar-refractivity contribution is -0.138. The SMILES string of the molecule is CCC(C)C(C(CC=O)OC)N(C)C(=O)CNC(=O)C(N)C(C)C. The topological polar surface area (TPSA) is 102 Å². The molecule has 0 aromatic rings. The second-order valence-corrected chi connectivity index (χ2v) is 6.54. The first-order valence-electron chi connectivity index (χ1n) is 8.46. The third-order valence-corrected chi connectivity index (χ3v) is 4.51. The van der Waals surface area contributed by atoms with Crippen molar-refractivity contribution in [2.24, 2.45) is 17.6 Å². The Labute approximate surface area is 145 Å². The fourth-order valence-corrected chi connectivity index (χ4v) is 2.58. The molecule has 0 aromatic heterocycles. The van der Waals surface area contributed by atoms with Crippen LogP contribution in [0, 0.1) is 11.8 Å². The van der Waals surface area contributed by atoms with Gasteiger partial charge in [-0.1, -0.05) is 34.1 Å². The van der Waals surface area contributed by atoms with Crippen LogP contribution in [0.1, 0.15) is 40.5 Å². The molecule has 2 amide bonds. The highest BCUT2D eigenvalue weighted by molar-refractivity contribution is 5.87. The first-order chi connectivity index (χ1) is 11.2. The summed E-state index contributed by atoms with van der Waals surface area (Å²) in [5.41, 5.74) is 5.77. The van der Waals surface area contributed by atoms with E-state index < -0.39 is 6.04 Å². The molecule has 0 saturated carbocycles. The normalized spacial score (nSPS) is 16.2. The second kappa shape index (κ2) is 11.1. The lowest BCUT2D eigenvalue weighted by Crippen LogP contribution is -2.53. The monoisotopic (exact) mass is 343 g/mol. The van der Waals surface area contributed by atoms with Crippen molar-refractivity contribution in [2.45, 2.75) is 58.7 Å². The Kier molecular flexibility index (Phi) is 10.5. The maximum atomic E-state index is 12.5. The molecule has 0 heterocycles. The summed E-state index contributed by atoms with van der Waals surface area (Å²) in [6.45, 7) is 7.60. The van der Waals surface area contributed by atoms with Gasteiger partial charge in [-0.15, -0.1) is 0 Å². The fraction of sp³-hybridized carbons (Fsp3) is 0.824. The third kappa shape index (κ3) is 6.57. The standard InChI is InChI=1S/C17H33N3O4/c1-7-12(4)16(13(24-6)8-9-21)20(5)14(22)10-19-17(23)15(18)11(2)3/h9,11-13,15-16H,7-8,10,18H2,1-6H3,(H,19,23). The minimum Gasteiger partial charge on any atom is -0.379 e. The number of hydrogen-bond acceptors (Lipinski definition) is 5. The van der Waals surface area contributed by atoms with E-state index in [-0.39, 0.29) is 48.8 Å². The van der Waals surface area contributed by atoms with E-state index in [1.807, 2.05) is 27.7 Å². The first kappa shape index (κ1) is 22.5. The van der Waals surface area contributed by atoms with Crippen LogP contribution in [0.2, 0.25) is 0 Å². The maximum absolute atomic E-state index is 12.5. The van der Waals surface area contributed by atoms with Crippen LogP contribution in [0.5, 0.6) is 0 Å². The summed E-state index contributed by atoms with van der Waals surface area (Å²) in [7, 11) is 3.20. The van der Waals surface area contributed by atoms with Crippen LogP contribution in [0.3, 0.4) is 0 Å². The van der Waals surface area contributed by atoms with Crippen molar-refractivity contribution in [3.8, 4) is 0 Å². The van der Waals surface area contributed by atoms with Crippen LogP contribution in [-0.4, -0.2) is 61.9 Å². The third-order valence-electron chi connectivity index (χ3n) is 4.51. The van der Waals surface area contributed by atoms with Crippen LogP contribution < -0.4 is 11.1 Å². The van der Waals surface area contributed by atoms with E-state index in [9.17, 15) is 14.4 Å². The van der Waals surface area contributed by atoms with Gasteiger partial charge in [0.25, 0.3) is 0 Å². The van der Waals surface area contributed by atoms with Gasteiger partial charge in [-0.25, -0.2) is 0 Å². The van der Waals surface area contributed by atoms with Gasteiger partial charge < -0.3 is 25.5 Å². The Morgan fingerprint density at radius 2 is 1.88 bits per heavy atom. The number of aldehydes is 1. The number of likely N-dealkylation sites (N-methyl/N-ethyl adjacent to an activating group) is 1. The largest absolute Gasteiger partial charge is 0.379 e. The Bertz CT molecular complexity index is 415. The van der Waals surface area contributed by atoms with Gasteiger partial charge in [0.2, 0.25) is 11.8 Å². The van der Waals surface area contributed by atoms with E-state index in [2.05, 4.69) is 5.32 Å². The van der Waals surface area contributed by atoms with Crippen molar-refractivity contribution < 1.29 is 19.1 Å². The molecule has 0 aliphatic heterocycles. The van der Waals surface area contributed by atoms with E-state index in [1.165, 1.54) is 7.11 Å². The number of ether oxygens (including phenoxy) is 1. The molecule has 0 aliphatic carbocycles. The molecule has 4 atom stereocenters. The predicted molar refractivity (Wildman–Crippen MR) is 93.3 cm³/mol. The van der Waals surface area contributed by atoms with Crippen molar-refractivity contribution in [1.29, 1.82) is 0 Å². The highest BCUT2D eigenvalue weighted by Gasteiger charge is 2.32. The molecule has 0 fully saturated rings. The molecule has 3 N–H and O–H groups in total. The van der Waals surface area contributed by atoms with Crippen LogP contribution in [0.15, 0.2) is 0 Å². The quantitative estimate of drug-likeness (QED) is 0.534. The number of nitrogens with one attached hydrogen (secondary N) is 1. The van der Waals surface area contributed by atoms with Crippen molar-refractivity contribution in [2.75, 3.05) is 20.7 Å². The molecular formula is C17H33N3O4. The summed E-state index contributed by atoms with van der Waals surface area (Å²) in [5.74, 6) is -0.436. The number of hydrogen-bond donors (Lipinski definition) is 2. The van der Waals surface area contributed by atoms with Crippen LogP contribution >= 0.6 is 0 Å². The Hall–Kier alpha value is -1.47. The summed E-state index contributed by atoms with van der Waals surface area (Å²) in [6, 6.07) is -0.886. The summed E-state index contributed by atoms with van der Waals surface area (Å²) >= 11 is 0. The Morgan fingerprint density at radius 1 is 1.29 bits per heavy atom. The first-order valence-corrected chi connectivity index (χ1v) is 8.46. The van der Waals surface area contributed by atoms with Gasteiger partial charge >= 0.3 is 0 Å². The van der Waals surface area contributed by atoms with Crippen molar-refractivity contribution in [1.82, 2.24) is 10.2 Å². The lowest BCUT2D eigenvalue weighted by atomic mass is 9.91. The molecular weight excluding hydrogens is 310 g/mol. The zero-order valence-corrected chi connectivity index (χ0v) is 15.7. The van der Waals surface area contributed by atoms with Crippen LogP contribution in [0.25, 0.3) is 0 Å². The molecule has 0 spiro atoms. The smallest absolute Gasteiger partial charge is 0.242 e. The predicted octanol–water partition coefficient (Wildman–Crippen LogP) is 0.563. The minimum absolute atomic E-state index is 0.00356. The van der Waals surface area contributed by atoms with Gasteiger partial charge in [-0.2, -0.15) is 0 Å². The number of nitrogens with zero attached hydrogens (tertiary/aromatic N) is 1. The number of rotatable bonds is 11.